The van der Waals surface area contributed by atoms with E-state index in [4.69, 9.17) is 15.1 Å². The molecule has 3 N–H and O–H groups in total. The van der Waals surface area contributed by atoms with Crippen LogP contribution < -0.4 is 10.2 Å². The van der Waals surface area contributed by atoms with Crippen molar-refractivity contribution >= 4 is 11.9 Å². The van der Waals surface area contributed by atoms with Gasteiger partial charge in [-0.1, -0.05) is 0 Å². The largest absolute Gasteiger partial charge is 0.497 e. The highest BCUT2D eigenvalue weighted by Crippen LogP contribution is 2.17. The molecule has 0 spiro atoms. The van der Waals surface area contributed by atoms with Crippen molar-refractivity contribution in [1.82, 2.24) is 5.48 Å². The quantitative estimate of drug-likeness (QED) is 0.500. The number of amides is 1. The summed E-state index contributed by atoms with van der Waals surface area (Å²) in [5.41, 5.74) is 1.00. The zero-order chi connectivity index (χ0) is 11.4. The van der Waals surface area contributed by atoms with Crippen molar-refractivity contribution in [3.05, 3.63) is 29.3 Å². The predicted molar refractivity (Wildman–Crippen MR) is 49.2 cm³/mol. The second-order valence-corrected chi connectivity index (χ2v) is 2.66. The molecule has 0 fully saturated rings. The van der Waals surface area contributed by atoms with Crippen LogP contribution in [0.25, 0.3) is 0 Å². The van der Waals surface area contributed by atoms with Crippen molar-refractivity contribution in [1.29, 1.82) is 0 Å². The van der Waals surface area contributed by atoms with Gasteiger partial charge in [0.25, 0.3) is 5.91 Å². The minimum atomic E-state index is -1.27. The molecule has 0 aliphatic carbocycles. The number of carbonyl (C=O) groups excluding carboxylic acids is 1. The van der Waals surface area contributed by atoms with Gasteiger partial charge in [-0.3, -0.25) is 10.0 Å². The lowest BCUT2D eigenvalue weighted by Gasteiger charge is -2.06. The average molecular weight is 211 g/mol. The molecule has 1 rings (SSSR count). The Morgan fingerprint density at radius 2 is 2.00 bits per heavy atom. The number of hydroxylamine groups is 1. The van der Waals surface area contributed by atoms with Crippen molar-refractivity contribution in [3.63, 3.8) is 0 Å². The van der Waals surface area contributed by atoms with E-state index < -0.39 is 11.9 Å². The topological polar surface area (TPSA) is 95.9 Å². The predicted octanol–water partition coefficient (Wildman–Crippen LogP) is 0.512. The summed E-state index contributed by atoms with van der Waals surface area (Å²) >= 11 is 0. The fraction of sp³-hybridized carbons (Fsp3) is 0.111. The Hall–Kier alpha value is -2.08. The van der Waals surface area contributed by atoms with E-state index in [0.717, 1.165) is 0 Å². The third kappa shape index (κ3) is 2.23. The summed E-state index contributed by atoms with van der Waals surface area (Å²) in [7, 11) is 1.38. The summed E-state index contributed by atoms with van der Waals surface area (Å²) in [6.07, 6.45) is 0. The molecule has 0 radical (unpaired) electrons. The molecule has 0 aliphatic heterocycles. The average Bonchev–Trinajstić information content (AvgIpc) is 2.27. The van der Waals surface area contributed by atoms with Crippen LogP contribution in [0, 0.1) is 0 Å². The Bertz CT molecular complexity index is 401. The molecule has 1 aromatic rings. The van der Waals surface area contributed by atoms with E-state index >= 15 is 0 Å². The van der Waals surface area contributed by atoms with Gasteiger partial charge < -0.3 is 9.84 Å². The molecule has 0 aromatic heterocycles. The van der Waals surface area contributed by atoms with Crippen molar-refractivity contribution in [2.45, 2.75) is 0 Å². The zero-order valence-electron chi connectivity index (χ0n) is 7.85. The molecule has 0 heterocycles. The molecule has 0 saturated heterocycles. The van der Waals surface area contributed by atoms with Gasteiger partial charge in [-0.25, -0.2) is 10.3 Å². The van der Waals surface area contributed by atoms with Crippen LogP contribution in [0.5, 0.6) is 5.75 Å². The lowest BCUT2D eigenvalue weighted by atomic mass is 10.1. The standard InChI is InChI=1S/C9H9NO5/c1-15-5-2-3-6(8(11)10-14)7(4-5)9(12)13/h2-4,14H,1H3,(H,10,11)(H,12,13). The molecule has 6 nitrogen and oxygen atoms in total. The van der Waals surface area contributed by atoms with Gasteiger partial charge >= 0.3 is 5.97 Å². The SMILES string of the molecule is COc1ccc(C(=O)NO)c(C(=O)O)c1. The second kappa shape index (κ2) is 4.43. The van der Waals surface area contributed by atoms with Crippen LogP contribution in [-0.2, 0) is 0 Å². The number of ether oxygens (including phenoxy) is 1. The molecule has 1 aromatic carbocycles. The number of methoxy groups -OCH3 is 1. The fourth-order valence-corrected chi connectivity index (χ4v) is 1.09. The first-order valence-electron chi connectivity index (χ1n) is 3.96. The Labute approximate surface area is 85.1 Å². The normalized spacial score (nSPS) is 9.47. The number of carboxylic acids is 1. The maximum absolute atomic E-state index is 11.1. The van der Waals surface area contributed by atoms with Crippen LogP contribution >= 0.6 is 0 Å². The van der Waals surface area contributed by atoms with E-state index in [1.807, 2.05) is 0 Å². The van der Waals surface area contributed by atoms with Crippen molar-refractivity contribution in [3.8, 4) is 5.75 Å². The molecule has 0 bridgehead atoms. The van der Waals surface area contributed by atoms with Crippen molar-refractivity contribution in [2.24, 2.45) is 0 Å². The van der Waals surface area contributed by atoms with Gasteiger partial charge in [0.2, 0.25) is 0 Å². The van der Waals surface area contributed by atoms with E-state index in [-0.39, 0.29) is 11.1 Å². The van der Waals surface area contributed by atoms with E-state index in [0.29, 0.717) is 5.75 Å². The van der Waals surface area contributed by atoms with Gasteiger partial charge in [0.05, 0.1) is 18.2 Å². The summed E-state index contributed by atoms with van der Waals surface area (Å²) in [4.78, 5) is 21.9. The van der Waals surface area contributed by atoms with Gasteiger partial charge in [-0.05, 0) is 18.2 Å². The number of carboxylic acid groups (broad SMARTS) is 1. The van der Waals surface area contributed by atoms with Crippen LogP contribution in [0.4, 0.5) is 0 Å². The molecular formula is C9H9NO5. The molecule has 0 aliphatic rings. The van der Waals surface area contributed by atoms with E-state index in [2.05, 4.69) is 0 Å². The molecule has 80 valence electrons. The number of benzene rings is 1. The molecule has 0 unspecified atom stereocenters. The molecular weight excluding hydrogens is 202 g/mol. The van der Waals surface area contributed by atoms with Gasteiger partial charge in [0.1, 0.15) is 5.75 Å². The first kappa shape index (κ1) is 11.0. The van der Waals surface area contributed by atoms with Crippen LogP contribution in [-0.4, -0.2) is 29.3 Å². The van der Waals surface area contributed by atoms with Crippen molar-refractivity contribution in [2.75, 3.05) is 7.11 Å². The molecule has 6 heteroatoms. The Kier molecular flexibility index (Phi) is 3.25. The first-order valence-corrected chi connectivity index (χ1v) is 3.96. The summed E-state index contributed by atoms with van der Waals surface area (Å²) in [6.45, 7) is 0. The lowest BCUT2D eigenvalue weighted by molar-refractivity contribution is 0.0662. The summed E-state index contributed by atoms with van der Waals surface area (Å²) < 4.78 is 4.82. The zero-order valence-corrected chi connectivity index (χ0v) is 7.85. The number of nitrogens with one attached hydrogen (secondary N) is 1. The first-order chi connectivity index (χ1) is 7.10. The van der Waals surface area contributed by atoms with Gasteiger partial charge in [0, 0.05) is 0 Å². The fourth-order valence-electron chi connectivity index (χ4n) is 1.09. The Balaban J connectivity index is 3.27. The Morgan fingerprint density at radius 3 is 2.47 bits per heavy atom. The number of hydrogen-bond donors (Lipinski definition) is 3. The summed E-state index contributed by atoms with van der Waals surface area (Å²) in [5.74, 6) is -1.83. The van der Waals surface area contributed by atoms with E-state index in [9.17, 15) is 9.59 Å². The number of aromatic carboxylic acids is 1. The number of hydrogen-bond acceptors (Lipinski definition) is 4. The Morgan fingerprint density at radius 1 is 1.33 bits per heavy atom. The minimum Gasteiger partial charge on any atom is -0.497 e. The van der Waals surface area contributed by atoms with Crippen LogP contribution in [0.1, 0.15) is 20.7 Å². The van der Waals surface area contributed by atoms with Crippen molar-refractivity contribution < 1.29 is 24.6 Å². The highest BCUT2D eigenvalue weighted by molar-refractivity contribution is 6.04. The third-order valence-electron chi connectivity index (χ3n) is 1.80. The van der Waals surface area contributed by atoms with Gasteiger partial charge in [0.15, 0.2) is 0 Å². The molecule has 0 atom stereocenters. The van der Waals surface area contributed by atoms with E-state index in [1.54, 1.807) is 0 Å². The van der Waals surface area contributed by atoms with Crippen LogP contribution in [0.3, 0.4) is 0 Å². The molecule has 0 saturated carbocycles. The molecule has 1 amide bonds. The third-order valence-corrected chi connectivity index (χ3v) is 1.80. The maximum atomic E-state index is 11.1. The van der Waals surface area contributed by atoms with Gasteiger partial charge in [-0.15, -0.1) is 0 Å². The monoisotopic (exact) mass is 211 g/mol. The van der Waals surface area contributed by atoms with Crippen LogP contribution in [0.15, 0.2) is 18.2 Å². The second-order valence-electron chi connectivity index (χ2n) is 2.66. The van der Waals surface area contributed by atoms with Gasteiger partial charge in [-0.2, -0.15) is 0 Å². The lowest BCUT2D eigenvalue weighted by Crippen LogP contribution is -2.21. The smallest absolute Gasteiger partial charge is 0.336 e. The highest BCUT2D eigenvalue weighted by atomic mass is 16.5. The maximum Gasteiger partial charge on any atom is 0.336 e. The van der Waals surface area contributed by atoms with Crippen LogP contribution in [0.2, 0.25) is 0 Å². The number of carbonyl (C=O) groups is 2. The minimum absolute atomic E-state index is 0.134. The molecule has 15 heavy (non-hydrogen) atoms. The number of rotatable bonds is 3. The summed E-state index contributed by atoms with van der Waals surface area (Å²) in [6, 6.07) is 3.89. The highest BCUT2D eigenvalue weighted by Gasteiger charge is 2.16. The summed E-state index contributed by atoms with van der Waals surface area (Å²) in [5, 5.41) is 17.2. The van der Waals surface area contributed by atoms with E-state index in [1.165, 1.54) is 30.8 Å².